The van der Waals surface area contributed by atoms with Crippen LogP contribution in [0, 0.1) is 0 Å². The molecule has 1 aromatic heterocycles. The lowest BCUT2D eigenvalue weighted by Gasteiger charge is -2.15. The molecule has 0 saturated carbocycles. The third-order valence-electron chi connectivity index (χ3n) is 5.74. The van der Waals surface area contributed by atoms with Crippen LogP contribution in [-0.2, 0) is 11.3 Å². The molecule has 1 aliphatic carbocycles. The normalized spacial score (nSPS) is 12.1. The Balaban J connectivity index is 1.14. The zero-order valence-electron chi connectivity index (χ0n) is 17.5. The summed E-state index contributed by atoms with van der Waals surface area (Å²) in [4.78, 5) is 16.6. The second-order valence-corrected chi connectivity index (χ2v) is 7.72. The molecule has 0 saturated heterocycles. The summed E-state index contributed by atoms with van der Waals surface area (Å²) in [6.07, 6.45) is 1.29. The highest BCUT2D eigenvalue weighted by molar-refractivity contribution is 5.79. The average Bonchev–Trinajstić information content (AvgIpc) is 3.17. The van der Waals surface area contributed by atoms with Gasteiger partial charge >= 0.3 is 6.09 Å². The lowest BCUT2D eigenvalue weighted by atomic mass is 9.98. The Morgan fingerprint density at radius 1 is 0.812 bits per heavy atom. The molecule has 0 atom stereocenters. The van der Waals surface area contributed by atoms with Crippen molar-refractivity contribution in [2.24, 2.45) is 0 Å². The van der Waals surface area contributed by atoms with Crippen LogP contribution in [0.15, 0.2) is 97.2 Å². The first-order chi connectivity index (χ1) is 15.8. The molecule has 5 nitrogen and oxygen atoms in total. The Hall–Kier alpha value is -3.96. The van der Waals surface area contributed by atoms with Crippen LogP contribution in [0.1, 0.15) is 22.6 Å². The van der Waals surface area contributed by atoms with Gasteiger partial charge in [-0.1, -0.05) is 78.9 Å². The van der Waals surface area contributed by atoms with Crippen molar-refractivity contribution < 1.29 is 9.53 Å². The summed E-state index contributed by atoms with van der Waals surface area (Å²) in [5, 5.41) is 0. The van der Waals surface area contributed by atoms with E-state index in [2.05, 4.69) is 40.1 Å². The Morgan fingerprint density at radius 2 is 1.47 bits per heavy atom. The van der Waals surface area contributed by atoms with Crippen molar-refractivity contribution in [2.75, 3.05) is 6.61 Å². The van der Waals surface area contributed by atoms with E-state index in [1.54, 1.807) is 6.20 Å². The molecule has 3 aromatic carbocycles. The molecule has 0 spiro atoms. The highest BCUT2D eigenvalue weighted by atomic mass is 16.6. The van der Waals surface area contributed by atoms with Crippen LogP contribution < -0.4 is 10.9 Å². The summed E-state index contributed by atoms with van der Waals surface area (Å²) in [6, 6.07) is 30.5. The predicted octanol–water partition coefficient (Wildman–Crippen LogP) is 5.29. The van der Waals surface area contributed by atoms with E-state index in [9.17, 15) is 4.79 Å². The number of benzene rings is 3. The van der Waals surface area contributed by atoms with Crippen molar-refractivity contribution in [3.63, 3.8) is 0 Å². The number of hydrogen-bond donors (Lipinski definition) is 2. The number of nitrogens with zero attached hydrogens (tertiary/aromatic N) is 1. The smallest absolute Gasteiger partial charge is 0.421 e. The summed E-state index contributed by atoms with van der Waals surface area (Å²) >= 11 is 0. The average molecular weight is 422 g/mol. The molecule has 32 heavy (non-hydrogen) atoms. The molecule has 1 aliphatic rings. The number of hydrazine groups is 1. The minimum Gasteiger partial charge on any atom is -0.448 e. The number of pyridine rings is 1. The van der Waals surface area contributed by atoms with Gasteiger partial charge in [0.05, 0.1) is 5.69 Å². The molecule has 0 radical (unpaired) electrons. The van der Waals surface area contributed by atoms with Gasteiger partial charge in [0.2, 0.25) is 0 Å². The van der Waals surface area contributed by atoms with Gasteiger partial charge in [0.15, 0.2) is 0 Å². The van der Waals surface area contributed by atoms with E-state index in [-0.39, 0.29) is 5.92 Å². The molecule has 5 rings (SSSR count). The molecule has 1 amide bonds. The zero-order chi connectivity index (χ0) is 21.8. The molecule has 4 aromatic rings. The number of amides is 1. The van der Waals surface area contributed by atoms with E-state index < -0.39 is 6.09 Å². The third-order valence-corrected chi connectivity index (χ3v) is 5.74. The Bertz CT molecular complexity index is 1180. The van der Waals surface area contributed by atoms with E-state index in [4.69, 9.17) is 4.74 Å². The fourth-order valence-corrected chi connectivity index (χ4v) is 4.18. The number of rotatable bonds is 6. The standard InChI is InChI=1S/C27H23N3O2/c31-27(30-29-17-19-12-14-20(15-13-19)26-11-5-6-16-28-26)32-18-25-23-9-3-1-7-21(23)22-8-2-4-10-24(22)25/h1-16,25,29H,17-18H2,(H,30,31). The van der Waals surface area contributed by atoms with E-state index >= 15 is 0 Å². The monoisotopic (exact) mass is 421 g/mol. The second-order valence-electron chi connectivity index (χ2n) is 7.72. The van der Waals surface area contributed by atoms with Crippen LogP contribution >= 0.6 is 0 Å². The number of ether oxygens (including phenoxy) is 1. The maximum atomic E-state index is 12.2. The van der Waals surface area contributed by atoms with Gasteiger partial charge < -0.3 is 4.74 Å². The number of nitrogens with one attached hydrogen (secondary N) is 2. The zero-order valence-corrected chi connectivity index (χ0v) is 17.5. The Kier molecular flexibility index (Phi) is 5.64. The van der Waals surface area contributed by atoms with Crippen LogP contribution in [0.5, 0.6) is 0 Å². The van der Waals surface area contributed by atoms with Gasteiger partial charge in [0.25, 0.3) is 0 Å². The third kappa shape index (κ3) is 4.11. The molecular formula is C27H23N3O2. The fraction of sp³-hybridized carbons (Fsp3) is 0.111. The van der Waals surface area contributed by atoms with Crippen molar-refractivity contribution in [2.45, 2.75) is 12.5 Å². The van der Waals surface area contributed by atoms with E-state index in [0.717, 1.165) is 16.8 Å². The van der Waals surface area contributed by atoms with Crippen LogP contribution in [0.2, 0.25) is 0 Å². The minimum absolute atomic E-state index is 0.0484. The fourth-order valence-electron chi connectivity index (χ4n) is 4.18. The Labute approximate surface area is 187 Å². The van der Waals surface area contributed by atoms with Gasteiger partial charge in [-0.25, -0.2) is 10.2 Å². The molecule has 5 heteroatoms. The first kappa shape index (κ1) is 20.0. The van der Waals surface area contributed by atoms with Gasteiger partial charge in [0, 0.05) is 24.2 Å². The lowest BCUT2D eigenvalue weighted by Crippen LogP contribution is -2.37. The summed E-state index contributed by atoms with van der Waals surface area (Å²) in [5.74, 6) is 0.0484. The summed E-state index contributed by atoms with van der Waals surface area (Å²) < 4.78 is 5.53. The van der Waals surface area contributed by atoms with Crippen LogP contribution in [0.25, 0.3) is 22.4 Å². The molecule has 0 bridgehead atoms. The molecular weight excluding hydrogens is 398 g/mol. The SMILES string of the molecule is O=C(NNCc1ccc(-c2ccccn2)cc1)OCC1c2ccccc2-c2ccccc21. The maximum absolute atomic E-state index is 12.2. The Morgan fingerprint density at radius 3 is 2.12 bits per heavy atom. The van der Waals surface area contributed by atoms with E-state index in [0.29, 0.717) is 13.2 Å². The van der Waals surface area contributed by atoms with Gasteiger partial charge in [-0.2, -0.15) is 0 Å². The maximum Gasteiger partial charge on any atom is 0.421 e. The highest BCUT2D eigenvalue weighted by Gasteiger charge is 2.28. The topological polar surface area (TPSA) is 63.2 Å². The highest BCUT2D eigenvalue weighted by Crippen LogP contribution is 2.44. The number of hydrogen-bond acceptors (Lipinski definition) is 4. The molecule has 2 N–H and O–H groups in total. The van der Waals surface area contributed by atoms with E-state index in [1.165, 1.54) is 22.3 Å². The van der Waals surface area contributed by atoms with Crippen LogP contribution in [0.3, 0.4) is 0 Å². The van der Waals surface area contributed by atoms with Gasteiger partial charge in [-0.05, 0) is 39.9 Å². The molecule has 0 aliphatic heterocycles. The number of fused-ring (bicyclic) bond motifs is 3. The predicted molar refractivity (Wildman–Crippen MR) is 125 cm³/mol. The molecule has 1 heterocycles. The largest absolute Gasteiger partial charge is 0.448 e. The van der Waals surface area contributed by atoms with E-state index in [1.807, 2.05) is 66.7 Å². The number of aromatic nitrogens is 1. The lowest BCUT2D eigenvalue weighted by molar-refractivity contribution is 0.138. The van der Waals surface area contributed by atoms with Crippen LogP contribution in [0.4, 0.5) is 4.79 Å². The molecule has 0 fully saturated rings. The van der Waals surface area contributed by atoms with Crippen molar-refractivity contribution in [1.82, 2.24) is 15.8 Å². The second kappa shape index (κ2) is 9.04. The minimum atomic E-state index is -0.489. The van der Waals surface area contributed by atoms with Crippen molar-refractivity contribution in [1.29, 1.82) is 0 Å². The summed E-state index contributed by atoms with van der Waals surface area (Å²) in [6.45, 7) is 0.785. The molecule has 158 valence electrons. The number of carbonyl (C=O) groups is 1. The first-order valence-corrected chi connectivity index (χ1v) is 10.6. The van der Waals surface area contributed by atoms with Crippen LogP contribution in [-0.4, -0.2) is 17.7 Å². The molecule has 0 unspecified atom stereocenters. The van der Waals surface area contributed by atoms with Crippen molar-refractivity contribution in [3.05, 3.63) is 114 Å². The van der Waals surface area contributed by atoms with Gasteiger partial charge in [-0.15, -0.1) is 0 Å². The quantitative estimate of drug-likeness (QED) is 0.415. The van der Waals surface area contributed by atoms with Gasteiger partial charge in [0.1, 0.15) is 6.61 Å². The van der Waals surface area contributed by atoms with Crippen molar-refractivity contribution in [3.8, 4) is 22.4 Å². The first-order valence-electron chi connectivity index (χ1n) is 10.6. The summed E-state index contributed by atoms with van der Waals surface area (Å²) in [7, 11) is 0. The summed E-state index contributed by atoms with van der Waals surface area (Å²) in [5.41, 5.74) is 13.4. The van der Waals surface area contributed by atoms with Gasteiger partial charge in [-0.3, -0.25) is 10.4 Å². The number of carbonyl (C=O) groups excluding carboxylic acids is 1. The van der Waals surface area contributed by atoms with Crippen molar-refractivity contribution >= 4 is 6.09 Å².